The second-order valence-corrected chi connectivity index (χ2v) is 4.35. The molecule has 0 aromatic carbocycles. The van der Waals surface area contributed by atoms with Crippen LogP contribution in [-0.4, -0.2) is 33.4 Å². The number of nitrogens with one attached hydrogen (secondary N) is 2. The number of H-pyrrole nitrogens is 1. The molecule has 0 unspecified atom stereocenters. The topological polar surface area (TPSA) is 83.8 Å². The van der Waals surface area contributed by atoms with Crippen molar-refractivity contribution in [3.05, 3.63) is 30.0 Å². The molecular formula is C10H12N4O2S. The largest absolute Gasteiger partial charge is 0.459 e. The monoisotopic (exact) mass is 252 g/mol. The third-order valence-electron chi connectivity index (χ3n) is 1.94. The zero-order valence-corrected chi connectivity index (χ0v) is 10.1. The standard InChI is InChI=1S/C10H12N4O2S/c1-7-12-10(14-13-7)17-6-4-11-9(15)8-3-2-5-16-8/h2-3,5H,4,6H2,1H3,(H,11,15)(H,12,13,14). The number of carbonyl (C=O) groups excluding carboxylic acids is 1. The van der Waals surface area contributed by atoms with Crippen LogP contribution in [0.5, 0.6) is 0 Å². The molecule has 0 fully saturated rings. The van der Waals surface area contributed by atoms with Crippen LogP contribution >= 0.6 is 11.8 Å². The number of carbonyl (C=O) groups is 1. The molecule has 0 radical (unpaired) electrons. The van der Waals surface area contributed by atoms with Crippen molar-refractivity contribution in [3.63, 3.8) is 0 Å². The van der Waals surface area contributed by atoms with E-state index in [9.17, 15) is 4.79 Å². The van der Waals surface area contributed by atoms with Crippen LogP contribution in [0.25, 0.3) is 0 Å². The van der Waals surface area contributed by atoms with Crippen molar-refractivity contribution in [1.29, 1.82) is 0 Å². The van der Waals surface area contributed by atoms with Gasteiger partial charge in [-0.15, -0.1) is 5.10 Å². The van der Waals surface area contributed by atoms with E-state index in [2.05, 4.69) is 20.5 Å². The lowest BCUT2D eigenvalue weighted by Crippen LogP contribution is -2.25. The van der Waals surface area contributed by atoms with Crippen molar-refractivity contribution in [2.45, 2.75) is 12.1 Å². The molecule has 2 rings (SSSR count). The van der Waals surface area contributed by atoms with E-state index < -0.39 is 0 Å². The van der Waals surface area contributed by atoms with Crippen LogP contribution in [0.2, 0.25) is 0 Å². The molecule has 0 aliphatic carbocycles. The van der Waals surface area contributed by atoms with Crippen molar-refractivity contribution in [1.82, 2.24) is 20.5 Å². The molecule has 0 aliphatic rings. The number of aromatic amines is 1. The number of thioether (sulfide) groups is 1. The molecule has 0 saturated carbocycles. The first-order chi connectivity index (χ1) is 8.25. The minimum absolute atomic E-state index is 0.207. The van der Waals surface area contributed by atoms with Gasteiger partial charge < -0.3 is 9.73 Å². The number of hydrogen-bond acceptors (Lipinski definition) is 5. The summed E-state index contributed by atoms with van der Waals surface area (Å²) in [6.45, 7) is 2.38. The van der Waals surface area contributed by atoms with Gasteiger partial charge in [0, 0.05) is 12.3 Å². The first-order valence-electron chi connectivity index (χ1n) is 5.09. The maximum Gasteiger partial charge on any atom is 0.287 e. The zero-order valence-electron chi connectivity index (χ0n) is 9.27. The lowest BCUT2D eigenvalue weighted by molar-refractivity contribution is 0.0928. The number of furan rings is 1. The van der Waals surface area contributed by atoms with Crippen LogP contribution < -0.4 is 5.32 Å². The van der Waals surface area contributed by atoms with Crippen LogP contribution in [0.4, 0.5) is 0 Å². The molecule has 90 valence electrons. The van der Waals surface area contributed by atoms with Gasteiger partial charge in [0.2, 0.25) is 5.16 Å². The number of aryl methyl sites for hydroxylation is 1. The summed E-state index contributed by atoms with van der Waals surface area (Å²) in [5, 5.41) is 10.2. The second-order valence-electron chi connectivity index (χ2n) is 3.29. The van der Waals surface area contributed by atoms with Crippen LogP contribution in [0.15, 0.2) is 28.0 Å². The van der Waals surface area contributed by atoms with Crippen LogP contribution in [0, 0.1) is 6.92 Å². The molecule has 1 amide bonds. The molecule has 0 atom stereocenters. The van der Waals surface area contributed by atoms with Gasteiger partial charge in [0.05, 0.1) is 6.26 Å². The van der Waals surface area contributed by atoms with Crippen molar-refractivity contribution in [2.75, 3.05) is 12.3 Å². The summed E-state index contributed by atoms with van der Waals surface area (Å²) in [6.07, 6.45) is 1.47. The fourth-order valence-corrected chi connectivity index (χ4v) is 1.89. The third-order valence-corrected chi connectivity index (χ3v) is 2.79. The lowest BCUT2D eigenvalue weighted by Gasteiger charge is -2.00. The van der Waals surface area contributed by atoms with Gasteiger partial charge >= 0.3 is 0 Å². The summed E-state index contributed by atoms with van der Waals surface area (Å²) in [5.74, 6) is 1.61. The highest BCUT2D eigenvalue weighted by Gasteiger charge is 2.07. The van der Waals surface area contributed by atoms with E-state index in [0.29, 0.717) is 23.2 Å². The fourth-order valence-electron chi connectivity index (χ4n) is 1.19. The molecule has 0 spiro atoms. The van der Waals surface area contributed by atoms with Gasteiger partial charge in [0.15, 0.2) is 5.76 Å². The Morgan fingerprint density at radius 2 is 2.53 bits per heavy atom. The first kappa shape index (κ1) is 11.7. The van der Waals surface area contributed by atoms with Crippen molar-refractivity contribution < 1.29 is 9.21 Å². The van der Waals surface area contributed by atoms with Crippen molar-refractivity contribution in [2.24, 2.45) is 0 Å². The normalized spacial score (nSPS) is 10.4. The Balaban J connectivity index is 1.68. The Labute approximate surface area is 102 Å². The summed E-state index contributed by atoms with van der Waals surface area (Å²) < 4.78 is 4.97. The predicted octanol–water partition coefficient (Wildman–Crippen LogP) is 1.23. The zero-order chi connectivity index (χ0) is 12.1. The highest BCUT2D eigenvalue weighted by molar-refractivity contribution is 7.99. The molecule has 17 heavy (non-hydrogen) atoms. The Morgan fingerprint density at radius 3 is 3.18 bits per heavy atom. The molecule has 2 aromatic heterocycles. The smallest absolute Gasteiger partial charge is 0.287 e. The van der Waals surface area contributed by atoms with E-state index in [1.807, 2.05) is 6.92 Å². The molecule has 2 aromatic rings. The third kappa shape index (κ3) is 3.35. The van der Waals surface area contributed by atoms with E-state index in [-0.39, 0.29) is 5.91 Å². The summed E-state index contributed by atoms with van der Waals surface area (Å²) in [7, 11) is 0. The number of nitrogens with zero attached hydrogens (tertiary/aromatic N) is 2. The van der Waals surface area contributed by atoms with Gasteiger partial charge in [-0.1, -0.05) is 11.8 Å². The van der Waals surface area contributed by atoms with Gasteiger partial charge in [-0.05, 0) is 19.1 Å². The Kier molecular flexibility index (Phi) is 3.81. The summed E-state index contributed by atoms with van der Waals surface area (Å²) in [6, 6.07) is 3.31. The minimum Gasteiger partial charge on any atom is -0.459 e. The first-order valence-corrected chi connectivity index (χ1v) is 6.08. The molecular weight excluding hydrogens is 240 g/mol. The van der Waals surface area contributed by atoms with Crippen LogP contribution in [0.3, 0.4) is 0 Å². The van der Waals surface area contributed by atoms with E-state index in [1.165, 1.54) is 18.0 Å². The summed E-state index contributed by atoms with van der Waals surface area (Å²) in [5.41, 5.74) is 0. The van der Waals surface area contributed by atoms with E-state index >= 15 is 0 Å². The van der Waals surface area contributed by atoms with Gasteiger partial charge in [-0.25, -0.2) is 4.98 Å². The number of rotatable bonds is 5. The minimum atomic E-state index is -0.207. The molecule has 0 bridgehead atoms. The number of amides is 1. The van der Waals surface area contributed by atoms with E-state index in [0.717, 1.165) is 5.82 Å². The fraction of sp³-hybridized carbons (Fsp3) is 0.300. The molecule has 0 aliphatic heterocycles. The maximum atomic E-state index is 11.5. The van der Waals surface area contributed by atoms with Gasteiger partial charge in [0.1, 0.15) is 5.82 Å². The number of aromatic nitrogens is 3. The quantitative estimate of drug-likeness (QED) is 0.617. The van der Waals surface area contributed by atoms with Crippen molar-refractivity contribution >= 4 is 17.7 Å². The lowest BCUT2D eigenvalue weighted by atomic mass is 10.4. The van der Waals surface area contributed by atoms with E-state index in [1.54, 1.807) is 12.1 Å². The van der Waals surface area contributed by atoms with Crippen molar-refractivity contribution in [3.8, 4) is 0 Å². The average Bonchev–Trinajstić information content (AvgIpc) is 2.95. The molecule has 2 N–H and O–H groups in total. The Bertz CT molecular complexity index is 480. The SMILES string of the molecule is Cc1nc(SCCNC(=O)c2ccco2)n[nH]1. The number of hydrogen-bond donors (Lipinski definition) is 2. The Morgan fingerprint density at radius 1 is 1.65 bits per heavy atom. The molecule has 7 heteroatoms. The highest BCUT2D eigenvalue weighted by atomic mass is 32.2. The predicted molar refractivity (Wildman–Crippen MR) is 62.9 cm³/mol. The summed E-state index contributed by atoms with van der Waals surface area (Å²) in [4.78, 5) is 15.6. The Hall–Kier alpha value is -1.76. The van der Waals surface area contributed by atoms with Gasteiger partial charge in [-0.2, -0.15) is 0 Å². The molecule has 6 nitrogen and oxygen atoms in total. The van der Waals surface area contributed by atoms with Gasteiger partial charge in [0.25, 0.3) is 5.91 Å². The van der Waals surface area contributed by atoms with Crippen LogP contribution in [-0.2, 0) is 0 Å². The second kappa shape index (κ2) is 5.53. The maximum absolute atomic E-state index is 11.5. The molecule has 2 heterocycles. The van der Waals surface area contributed by atoms with Crippen LogP contribution in [0.1, 0.15) is 16.4 Å². The average molecular weight is 252 g/mol. The summed E-state index contributed by atoms with van der Waals surface area (Å²) >= 11 is 1.48. The molecule has 0 saturated heterocycles. The highest BCUT2D eigenvalue weighted by Crippen LogP contribution is 2.10. The van der Waals surface area contributed by atoms with E-state index in [4.69, 9.17) is 4.42 Å². The van der Waals surface area contributed by atoms with Gasteiger partial charge in [-0.3, -0.25) is 9.89 Å².